The van der Waals surface area contributed by atoms with Crippen molar-refractivity contribution in [2.24, 2.45) is 0 Å². The minimum absolute atomic E-state index is 0.0714. The van der Waals surface area contributed by atoms with E-state index < -0.39 is 38.1 Å². The number of nitrogens with one attached hydrogen (secondary N) is 2. The Morgan fingerprint density at radius 3 is 2.51 bits per heavy atom. The number of nitrogens with two attached hydrogens (primary N) is 1. The van der Waals surface area contributed by atoms with Crippen molar-refractivity contribution in [2.45, 2.75) is 62.4 Å². The smallest absolute Gasteiger partial charge is 0.263 e. The van der Waals surface area contributed by atoms with Crippen molar-refractivity contribution in [1.29, 1.82) is 0 Å². The molecule has 1 fully saturated rings. The molecule has 5 rings (SSSR count). The van der Waals surface area contributed by atoms with Gasteiger partial charge >= 0.3 is 0 Å². The van der Waals surface area contributed by atoms with Crippen LogP contribution >= 0.6 is 0 Å². The van der Waals surface area contributed by atoms with Gasteiger partial charge in [-0.2, -0.15) is 5.10 Å². The first-order valence-electron chi connectivity index (χ1n) is 14.5. The molecule has 0 aliphatic heterocycles. The molecule has 0 atom stereocenters. The van der Waals surface area contributed by atoms with Gasteiger partial charge in [0.25, 0.3) is 10.0 Å². The van der Waals surface area contributed by atoms with Crippen molar-refractivity contribution >= 4 is 38.1 Å². The van der Waals surface area contributed by atoms with Crippen LogP contribution in [0.3, 0.4) is 0 Å². The normalized spacial score (nSPS) is 17.1. The van der Waals surface area contributed by atoms with Crippen LogP contribution in [-0.4, -0.2) is 49.5 Å². The number of rotatable bonds is 10. The molecule has 0 saturated heterocycles. The molecule has 14 heteroatoms. The molecular weight excluding hydrogens is 607 g/mol. The number of nitrogens with zero attached hydrogens (tertiary/aromatic N) is 4. The number of sulfonamides is 1. The minimum atomic E-state index is -4.71. The molecule has 4 aromatic rings. The summed E-state index contributed by atoms with van der Waals surface area (Å²) in [5, 5.41) is 8.57. The Kier molecular flexibility index (Phi) is 9.33. The molecule has 4 N–H and O–H groups in total. The van der Waals surface area contributed by atoms with Crippen molar-refractivity contribution in [2.75, 3.05) is 30.7 Å². The standard InChI is InChI=1S/C31H34F3N7O3S/c1-17(2)41-30-22(18-5-7-19(8-6-18)37-11-12-44-4)16-38-31(35)28(30)29(39-41)21-14-25(34)26(15-24(21)33)40-45(42,43)27-13-20(36-3)9-10-23(27)32/h9-10,13-19,37,40H,5-8,11-12H2,1-2,4H3,(H2,35,38). The maximum atomic E-state index is 15.7. The molecule has 1 saturated carbocycles. The Hall–Kier alpha value is -4.19. The molecule has 2 heterocycles. The Morgan fingerprint density at radius 1 is 1.11 bits per heavy atom. The lowest BCUT2D eigenvalue weighted by molar-refractivity contribution is 0.191. The number of methoxy groups -OCH3 is 1. The van der Waals surface area contributed by atoms with Crippen molar-refractivity contribution < 1.29 is 26.3 Å². The molecule has 1 aliphatic rings. The maximum absolute atomic E-state index is 15.7. The Bertz CT molecular complexity index is 1880. The van der Waals surface area contributed by atoms with Crippen LogP contribution in [0.25, 0.3) is 27.0 Å². The minimum Gasteiger partial charge on any atom is -0.383 e. The summed E-state index contributed by atoms with van der Waals surface area (Å²) >= 11 is 0. The van der Waals surface area contributed by atoms with Crippen LogP contribution in [0.15, 0.2) is 41.4 Å². The summed E-state index contributed by atoms with van der Waals surface area (Å²) < 4.78 is 80.1. The average molecular weight is 642 g/mol. The highest BCUT2D eigenvalue weighted by molar-refractivity contribution is 7.92. The summed E-state index contributed by atoms with van der Waals surface area (Å²) in [4.78, 5) is 6.65. The van der Waals surface area contributed by atoms with E-state index in [0.717, 1.165) is 62.1 Å². The van der Waals surface area contributed by atoms with E-state index in [-0.39, 0.29) is 34.7 Å². The summed E-state index contributed by atoms with van der Waals surface area (Å²) in [7, 11) is -3.04. The van der Waals surface area contributed by atoms with Gasteiger partial charge in [-0.25, -0.2) is 31.4 Å². The summed E-state index contributed by atoms with van der Waals surface area (Å²) in [5.41, 5.74) is 6.93. The van der Waals surface area contributed by atoms with E-state index in [4.69, 9.17) is 17.0 Å². The highest BCUT2D eigenvalue weighted by Crippen LogP contribution is 2.42. The summed E-state index contributed by atoms with van der Waals surface area (Å²) in [5.74, 6) is -2.99. The van der Waals surface area contributed by atoms with Gasteiger partial charge in [-0.05, 0) is 69.2 Å². The summed E-state index contributed by atoms with van der Waals surface area (Å²) in [6.45, 7) is 12.3. The quantitative estimate of drug-likeness (QED) is 0.137. The van der Waals surface area contributed by atoms with Gasteiger partial charge < -0.3 is 15.8 Å². The van der Waals surface area contributed by atoms with E-state index in [0.29, 0.717) is 29.6 Å². The van der Waals surface area contributed by atoms with Crippen molar-refractivity contribution in [3.05, 3.63) is 71.0 Å². The van der Waals surface area contributed by atoms with Crippen LogP contribution in [0.1, 0.15) is 57.1 Å². The number of pyridine rings is 1. The second-order valence-corrected chi connectivity index (χ2v) is 13.0. The molecule has 2 aromatic heterocycles. The van der Waals surface area contributed by atoms with Crippen LogP contribution in [0.4, 0.5) is 30.4 Å². The number of anilines is 2. The fourth-order valence-corrected chi connectivity index (χ4v) is 6.98. The zero-order chi connectivity index (χ0) is 32.5. The molecule has 1 aliphatic carbocycles. The van der Waals surface area contributed by atoms with Crippen LogP contribution in [0.2, 0.25) is 0 Å². The lowest BCUT2D eigenvalue weighted by Gasteiger charge is -2.30. The van der Waals surface area contributed by atoms with Gasteiger partial charge in [-0.15, -0.1) is 0 Å². The highest BCUT2D eigenvalue weighted by Gasteiger charge is 2.30. The Morgan fingerprint density at radius 2 is 1.84 bits per heavy atom. The Labute approximate surface area is 259 Å². The average Bonchev–Trinajstić information content (AvgIpc) is 3.41. The van der Waals surface area contributed by atoms with Crippen molar-refractivity contribution in [1.82, 2.24) is 20.1 Å². The first-order chi connectivity index (χ1) is 21.4. The van der Waals surface area contributed by atoms with Crippen molar-refractivity contribution in [3.8, 4) is 11.3 Å². The SMILES string of the molecule is [C-]#[N+]c1ccc(F)c(S(=O)(=O)Nc2cc(F)c(-c3nn(C(C)C)c4c(C5CCC(NCCOC)CC5)cnc(N)c34)cc2F)c1. The van der Waals surface area contributed by atoms with Gasteiger partial charge in [0.2, 0.25) is 0 Å². The number of benzene rings is 2. The number of hydrogen-bond acceptors (Lipinski definition) is 7. The molecular formula is C31H34F3N7O3S. The van der Waals surface area contributed by atoms with Crippen LogP contribution in [0.5, 0.6) is 0 Å². The number of nitrogen functional groups attached to an aromatic ring is 1. The van der Waals surface area contributed by atoms with Crippen LogP contribution < -0.4 is 15.8 Å². The van der Waals surface area contributed by atoms with Gasteiger partial charge in [0.1, 0.15) is 33.9 Å². The van der Waals surface area contributed by atoms with E-state index in [2.05, 4.69) is 20.2 Å². The number of hydrogen-bond donors (Lipinski definition) is 3. The lowest BCUT2D eigenvalue weighted by Crippen LogP contribution is -2.34. The van der Waals surface area contributed by atoms with E-state index in [9.17, 15) is 12.8 Å². The third-order valence-electron chi connectivity index (χ3n) is 8.07. The number of halogens is 3. The van der Waals surface area contributed by atoms with E-state index >= 15 is 8.78 Å². The highest BCUT2D eigenvalue weighted by atomic mass is 32.2. The second kappa shape index (κ2) is 13.0. The predicted octanol–water partition coefficient (Wildman–Crippen LogP) is 6.29. The summed E-state index contributed by atoms with van der Waals surface area (Å²) in [6, 6.07) is 4.45. The lowest BCUT2D eigenvalue weighted by atomic mass is 9.81. The molecule has 0 amide bonds. The molecule has 0 unspecified atom stereocenters. The van der Waals surface area contributed by atoms with Gasteiger partial charge in [0, 0.05) is 43.6 Å². The van der Waals surface area contributed by atoms with Crippen LogP contribution in [-0.2, 0) is 14.8 Å². The largest absolute Gasteiger partial charge is 0.383 e. The van der Waals surface area contributed by atoms with Gasteiger partial charge in [0.05, 0.1) is 29.8 Å². The third-order valence-corrected chi connectivity index (χ3v) is 9.45. The van der Waals surface area contributed by atoms with Gasteiger partial charge in [0.15, 0.2) is 5.69 Å². The van der Waals surface area contributed by atoms with Gasteiger partial charge in [-0.1, -0.05) is 6.07 Å². The second-order valence-electron chi connectivity index (χ2n) is 11.3. The van der Waals surface area contributed by atoms with E-state index in [1.165, 1.54) is 0 Å². The molecule has 10 nitrogen and oxygen atoms in total. The molecule has 45 heavy (non-hydrogen) atoms. The monoisotopic (exact) mass is 641 g/mol. The Balaban J connectivity index is 1.52. The van der Waals surface area contributed by atoms with E-state index in [1.807, 2.05) is 18.6 Å². The zero-order valence-electron chi connectivity index (χ0n) is 25.1. The predicted molar refractivity (Wildman–Crippen MR) is 166 cm³/mol. The third kappa shape index (κ3) is 6.47. The fourth-order valence-electron chi connectivity index (χ4n) is 5.83. The fraction of sp³-hybridized carbons (Fsp3) is 0.387. The number of fused-ring (bicyclic) bond motifs is 1. The van der Waals surface area contributed by atoms with Crippen LogP contribution in [0, 0.1) is 24.0 Å². The van der Waals surface area contributed by atoms with Gasteiger partial charge in [-0.3, -0.25) is 9.40 Å². The zero-order valence-corrected chi connectivity index (χ0v) is 25.9. The maximum Gasteiger partial charge on any atom is 0.263 e. The molecule has 238 valence electrons. The van der Waals surface area contributed by atoms with E-state index in [1.54, 1.807) is 18.0 Å². The number of aromatic nitrogens is 3. The number of ether oxygens (including phenoxy) is 1. The first kappa shape index (κ1) is 32.2. The molecule has 0 radical (unpaired) electrons. The summed E-state index contributed by atoms with van der Waals surface area (Å²) in [6.07, 6.45) is 5.42. The van der Waals surface area contributed by atoms with Crippen molar-refractivity contribution in [3.63, 3.8) is 0 Å². The topological polar surface area (TPSA) is 129 Å². The molecule has 0 bridgehead atoms. The molecule has 0 spiro atoms. The molecule has 2 aromatic carbocycles. The first-order valence-corrected chi connectivity index (χ1v) is 16.0.